The van der Waals surface area contributed by atoms with Crippen molar-refractivity contribution < 1.29 is 9.50 Å². The first-order valence-electron chi connectivity index (χ1n) is 10.1. The molecule has 7 nitrogen and oxygen atoms in total. The molecule has 0 amide bonds. The van der Waals surface area contributed by atoms with E-state index >= 15 is 0 Å². The van der Waals surface area contributed by atoms with Gasteiger partial charge in [0.25, 0.3) is 0 Å². The molecule has 0 aliphatic carbocycles. The van der Waals surface area contributed by atoms with Gasteiger partial charge in [-0.15, -0.1) is 0 Å². The summed E-state index contributed by atoms with van der Waals surface area (Å²) in [4.78, 5) is 13.3. The van der Waals surface area contributed by atoms with E-state index in [0.29, 0.717) is 0 Å². The van der Waals surface area contributed by atoms with E-state index in [-0.39, 0.29) is 12.1 Å². The quantitative estimate of drug-likeness (QED) is 0.698. The monoisotopic (exact) mass is 410 g/mol. The number of nitrogens with one attached hydrogen (secondary N) is 1. The van der Waals surface area contributed by atoms with Gasteiger partial charge >= 0.3 is 0 Å². The van der Waals surface area contributed by atoms with Crippen LogP contribution < -0.4 is 15.2 Å². The fourth-order valence-electron chi connectivity index (χ4n) is 3.78. The highest BCUT2D eigenvalue weighted by atomic mass is 19.1. The maximum atomic E-state index is 14.0. The van der Waals surface area contributed by atoms with E-state index in [1.54, 1.807) is 39.2 Å². The van der Waals surface area contributed by atoms with Crippen LogP contribution in [0.2, 0.25) is 0 Å². The number of rotatable bonds is 0. The minimum absolute atomic E-state index is 0.270. The number of amidine groups is 1. The predicted molar refractivity (Wildman–Crippen MR) is 117 cm³/mol. The first-order chi connectivity index (χ1) is 14.2. The molecule has 0 saturated carbocycles. The topological polar surface area (TPSA) is 76.4 Å². The summed E-state index contributed by atoms with van der Waals surface area (Å²) in [7, 11) is 0. The van der Waals surface area contributed by atoms with Gasteiger partial charge in [-0.05, 0) is 69.9 Å². The Kier molecular flexibility index (Phi) is 5.19. The first kappa shape index (κ1) is 20.3. The van der Waals surface area contributed by atoms with Gasteiger partial charge in [-0.2, -0.15) is 5.10 Å². The number of anilines is 2. The summed E-state index contributed by atoms with van der Waals surface area (Å²) < 4.78 is 14.0. The molecule has 0 spiro atoms. The molecule has 1 aromatic carbocycles. The van der Waals surface area contributed by atoms with Crippen LogP contribution >= 0.6 is 0 Å². The molecule has 0 bridgehead atoms. The van der Waals surface area contributed by atoms with Crippen LogP contribution in [0.4, 0.5) is 15.8 Å². The minimum Gasteiger partial charge on any atom is -0.391 e. The van der Waals surface area contributed by atoms with Gasteiger partial charge in [-0.1, -0.05) is 0 Å². The standard InChI is InChI=1S/C18H17FN6.C4H10O/c1-11-8-20-9-16-13(11)3-2-6-24(16)17-14-7-12(19)4-5-15(14)25-10-21-23-18(25)22-17;1-4(2,3)5/h4-5,7-10,18,23H,2-3,6H2,1H3;5H,1-3H3. The summed E-state index contributed by atoms with van der Waals surface area (Å²) in [5.74, 6) is 0.496. The van der Waals surface area contributed by atoms with Crippen molar-refractivity contribution in [2.75, 3.05) is 16.3 Å². The molecule has 5 rings (SSSR count). The third kappa shape index (κ3) is 4.00. The highest BCUT2D eigenvalue weighted by Crippen LogP contribution is 2.35. The van der Waals surface area contributed by atoms with Gasteiger partial charge in [-0.25, -0.2) is 9.38 Å². The molecule has 0 fully saturated rings. The Morgan fingerprint density at radius 2 is 1.97 bits per heavy atom. The molecular weight excluding hydrogens is 383 g/mol. The van der Waals surface area contributed by atoms with Gasteiger partial charge in [0.1, 0.15) is 18.0 Å². The third-order valence-corrected chi connectivity index (χ3v) is 4.96. The van der Waals surface area contributed by atoms with Crippen LogP contribution in [0, 0.1) is 12.7 Å². The molecule has 4 heterocycles. The molecule has 8 heteroatoms. The van der Waals surface area contributed by atoms with Gasteiger partial charge in [-0.3, -0.25) is 15.3 Å². The number of aromatic nitrogens is 1. The number of aliphatic imine (C=N–C) groups is 1. The second-order valence-corrected chi connectivity index (χ2v) is 8.65. The van der Waals surface area contributed by atoms with Gasteiger partial charge in [0, 0.05) is 18.3 Å². The number of nitrogens with zero attached hydrogens (tertiary/aromatic N) is 5. The fraction of sp³-hybridized carbons (Fsp3) is 0.409. The number of pyridine rings is 1. The number of hydrogen-bond donors (Lipinski definition) is 2. The maximum Gasteiger partial charge on any atom is 0.218 e. The summed E-state index contributed by atoms with van der Waals surface area (Å²) >= 11 is 0. The summed E-state index contributed by atoms with van der Waals surface area (Å²) in [6.07, 6.45) is 7.23. The predicted octanol–water partition coefficient (Wildman–Crippen LogP) is 3.16. The second-order valence-electron chi connectivity index (χ2n) is 8.65. The highest BCUT2D eigenvalue weighted by Gasteiger charge is 2.34. The fourth-order valence-corrected chi connectivity index (χ4v) is 3.78. The van der Waals surface area contributed by atoms with Gasteiger partial charge in [0.15, 0.2) is 0 Å². The van der Waals surface area contributed by atoms with Gasteiger partial charge in [0.2, 0.25) is 6.29 Å². The van der Waals surface area contributed by atoms with Crippen molar-refractivity contribution in [1.82, 2.24) is 10.4 Å². The summed E-state index contributed by atoms with van der Waals surface area (Å²) in [5, 5.41) is 12.6. The largest absolute Gasteiger partial charge is 0.391 e. The smallest absolute Gasteiger partial charge is 0.218 e. The van der Waals surface area contributed by atoms with Gasteiger partial charge < -0.3 is 10.0 Å². The number of benzene rings is 1. The Labute approximate surface area is 176 Å². The summed E-state index contributed by atoms with van der Waals surface area (Å²) in [6.45, 7) is 8.15. The lowest BCUT2D eigenvalue weighted by Gasteiger charge is -2.37. The van der Waals surface area contributed by atoms with Crippen molar-refractivity contribution in [2.45, 2.75) is 52.4 Å². The number of hydrazone groups is 1. The number of aryl methyl sites for hydroxylation is 1. The minimum atomic E-state index is -0.500. The van der Waals surface area contributed by atoms with Crippen LogP contribution in [-0.2, 0) is 6.42 Å². The summed E-state index contributed by atoms with van der Waals surface area (Å²) in [6, 6.07) is 4.81. The molecule has 1 atom stereocenters. The molecule has 2 aromatic rings. The number of fused-ring (bicyclic) bond motifs is 4. The molecule has 3 aliphatic heterocycles. The molecule has 1 unspecified atom stereocenters. The van der Waals surface area contributed by atoms with E-state index in [1.807, 2.05) is 17.3 Å². The average Bonchev–Trinajstić information content (AvgIpc) is 3.14. The molecular formula is C22H27FN6O. The Morgan fingerprint density at radius 1 is 1.20 bits per heavy atom. The third-order valence-electron chi connectivity index (χ3n) is 4.96. The Balaban J connectivity index is 0.000000393. The van der Waals surface area contributed by atoms with Crippen molar-refractivity contribution in [3.8, 4) is 0 Å². The zero-order valence-electron chi connectivity index (χ0n) is 17.7. The van der Waals surface area contributed by atoms with Crippen LogP contribution in [-0.4, -0.2) is 40.7 Å². The maximum absolute atomic E-state index is 14.0. The number of hydrogen-bond acceptors (Lipinski definition) is 7. The Morgan fingerprint density at radius 3 is 2.73 bits per heavy atom. The normalized spacial score (nSPS) is 19.1. The lowest BCUT2D eigenvalue weighted by Crippen LogP contribution is -2.46. The van der Waals surface area contributed by atoms with Crippen LogP contribution in [0.15, 0.2) is 40.7 Å². The van der Waals surface area contributed by atoms with E-state index in [4.69, 9.17) is 10.1 Å². The Bertz CT molecular complexity index is 1010. The summed E-state index contributed by atoms with van der Waals surface area (Å²) in [5.41, 5.74) is 7.71. The van der Waals surface area contributed by atoms with E-state index in [2.05, 4.69) is 27.3 Å². The molecule has 3 aliphatic rings. The van der Waals surface area contributed by atoms with E-state index < -0.39 is 5.60 Å². The van der Waals surface area contributed by atoms with Crippen molar-refractivity contribution in [3.05, 3.63) is 53.1 Å². The van der Waals surface area contributed by atoms with Crippen LogP contribution in [0.25, 0.3) is 0 Å². The van der Waals surface area contributed by atoms with Crippen molar-refractivity contribution in [1.29, 1.82) is 0 Å². The van der Waals surface area contributed by atoms with Crippen LogP contribution in [0.3, 0.4) is 0 Å². The zero-order valence-corrected chi connectivity index (χ0v) is 17.7. The molecule has 1 aromatic heterocycles. The highest BCUT2D eigenvalue weighted by molar-refractivity contribution is 6.16. The molecule has 0 radical (unpaired) electrons. The zero-order chi connectivity index (χ0) is 21.5. The van der Waals surface area contributed by atoms with Crippen molar-refractivity contribution >= 4 is 23.5 Å². The van der Waals surface area contributed by atoms with Crippen LogP contribution in [0.5, 0.6) is 0 Å². The SMILES string of the molecule is CC(C)(C)O.Cc1cncc2c1CCCN2C1=NC2NN=CN2c2ccc(F)cc21. The lowest BCUT2D eigenvalue weighted by atomic mass is 9.98. The molecule has 2 N–H and O–H groups in total. The van der Waals surface area contributed by atoms with E-state index in [0.717, 1.165) is 42.2 Å². The van der Waals surface area contributed by atoms with Crippen molar-refractivity contribution in [3.63, 3.8) is 0 Å². The first-order valence-corrected chi connectivity index (χ1v) is 10.1. The molecule has 158 valence electrons. The molecule has 0 saturated heterocycles. The number of halogens is 1. The van der Waals surface area contributed by atoms with Crippen LogP contribution in [0.1, 0.15) is 43.9 Å². The number of aliphatic hydroxyl groups is 1. The second kappa shape index (κ2) is 7.68. The molecule has 30 heavy (non-hydrogen) atoms. The van der Waals surface area contributed by atoms with E-state index in [9.17, 15) is 4.39 Å². The van der Waals surface area contributed by atoms with Crippen molar-refractivity contribution in [2.24, 2.45) is 10.1 Å². The lowest BCUT2D eigenvalue weighted by molar-refractivity contribution is 0.102. The van der Waals surface area contributed by atoms with Gasteiger partial charge in [0.05, 0.1) is 23.2 Å². The Hall–Kier alpha value is -3.00. The average molecular weight is 410 g/mol. The van der Waals surface area contributed by atoms with E-state index in [1.165, 1.54) is 17.2 Å².